The highest BCUT2D eigenvalue weighted by molar-refractivity contribution is 14.0. The summed E-state index contributed by atoms with van der Waals surface area (Å²) in [5, 5.41) is 20.6. The molecule has 4 nitrogen and oxygen atoms in total. The van der Waals surface area contributed by atoms with Gasteiger partial charge in [0.2, 0.25) is 0 Å². The number of hydrogen-bond acceptors (Lipinski definition) is 3. The molecule has 132 valence electrons. The van der Waals surface area contributed by atoms with E-state index in [1.807, 2.05) is 23.8 Å². The fourth-order valence-electron chi connectivity index (χ4n) is 2.06. The van der Waals surface area contributed by atoms with Crippen molar-refractivity contribution in [2.75, 3.05) is 13.1 Å². The fourth-order valence-corrected chi connectivity index (χ4v) is 2.84. The van der Waals surface area contributed by atoms with Gasteiger partial charge in [-0.1, -0.05) is 18.2 Å². The predicted octanol–water partition coefficient (Wildman–Crippen LogP) is 3.47. The number of hydrogen-bond donors (Lipinski definition) is 3. The van der Waals surface area contributed by atoms with Crippen molar-refractivity contribution in [1.29, 1.82) is 0 Å². The van der Waals surface area contributed by atoms with E-state index in [1.165, 1.54) is 6.07 Å². The molecule has 0 saturated heterocycles. The third kappa shape index (κ3) is 6.03. The Labute approximate surface area is 163 Å². The largest absolute Gasteiger partial charge is 0.384 e. The van der Waals surface area contributed by atoms with Crippen LogP contribution in [0.2, 0.25) is 0 Å². The van der Waals surface area contributed by atoms with E-state index >= 15 is 0 Å². The van der Waals surface area contributed by atoms with E-state index in [0.717, 1.165) is 5.56 Å². The molecular weight excluding hydrogens is 440 g/mol. The van der Waals surface area contributed by atoms with Crippen molar-refractivity contribution in [2.45, 2.75) is 26.0 Å². The summed E-state index contributed by atoms with van der Waals surface area (Å²) < 4.78 is 13.6. The number of aliphatic hydroxyl groups is 1. The minimum Gasteiger partial charge on any atom is -0.384 e. The average Bonchev–Trinajstić information content (AvgIpc) is 3.07. The number of nitrogens with zero attached hydrogens (tertiary/aromatic N) is 1. The first-order chi connectivity index (χ1) is 11.0. The summed E-state index contributed by atoms with van der Waals surface area (Å²) in [5.41, 5.74) is 0.406. The number of halogens is 2. The van der Waals surface area contributed by atoms with E-state index in [4.69, 9.17) is 0 Å². The van der Waals surface area contributed by atoms with Gasteiger partial charge in [-0.05, 0) is 42.3 Å². The highest BCUT2D eigenvalue weighted by Crippen LogP contribution is 2.21. The maximum absolute atomic E-state index is 13.6. The summed E-state index contributed by atoms with van der Waals surface area (Å²) in [6.07, 6.45) is 0. The third-order valence-electron chi connectivity index (χ3n) is 3.45. The minimum absolute atomic E-state index is 0. The van der Waals surface area contributed by atoms with Gasteiger partial charge in [-0.3, -0.25) is 0 Å². The van der Waals surface area contributed by atoms with E-state index in [2.05, 4.69) is 15.6 Å². The van der Waals surface area contributed by atoms with E-state index in [-0.39, 0.29) is 36.3 Å². The number of rotatable bonds is 6. The van der Waals surface area contributed by atoms with Crippen LogP contribution in [-0.4, -0.2) is 24.2 Å². The van der Waals surface area contributed by atoms with E-state index in [1.54, 1.807) is 36.5 Å². The Balaban J connectivity index is 0.00000288. The molecule has 2 rings (SSSR count). The molecule has 1 atom stereocenters. The molecule has 3 N–H and O–H groups in total. The molecule has 1 aromatic carbocycles. The SMILES string of the molecule is CCNC(=NCc1ccccc1F)NCC(C)(O)c1ccsc1.I. The zero-order valence-electron chi connectivity index (χ0n) is 13.8. The molecule has 0 aliphatic carbocycles. The van der Waals surface area contributed by atoms with Gasteiger partial charge >= 0.3 is 0 Å². The Morgan fingerprint density at radius 2 is 2.04 bits per heavy atom. The Kier molecular flexibility index (Phi) is 8.65. The molecular formula is C17H23FIN3OS. The summed E-state index contributed by atoms with van der Waals surface area (Å²) in [4.78, 5) is 4.37. The molecule has 0 saturated carbocycles. The Morgan fingerprint density at radius 3 is 2.67 bits per heavy atom. The maximum Gasteiger partial charge on any atom is 0.191 e. The van der Waals surface area contributed by atoms with Crippen LogP contribution < -0.4 is 10.6 Å². The number of nitrogens with one attached hydrogen (secondary N) is 2. The molecule has 24 heavy (non-hydrogen) atoms. The second-order valence-corrected chi connectivity index (χ2v) is 6.21. The Morgan fingerprint density at radius 1 is 1.29 bits per heavy atom. The highest BCUT2D eigenvalue weighted by Gasteiger charge is 2.23. The Bertz CT molecular complexity index is 647. The van der Waals surface area contributed by atoms with E-state index < -0.39 is 5.60 Å². The summed E-state index contributed by atoms with van der Waals surface area (Å²) in [6, 6.07) is 8.48. The first kappa shape index (κ1) is 20.9. The molecule has 1 heterocycles. The van der Waals surface area contributed by atoms with Gasteiger partial charge in [-0.2, -0.15) is 11.3 Å². The topological polar surface area (TPSA) is 56.7 Å². The number of benzene rings is 1. The second-order valence-electron chi connectivity index (χ2n) is 5.43. The van der Waals surface area contributed by atoms with Crippen LogP contribution in [0.5, 0.6) is 0 Å². The lowest BCUT2D eigenvalue weighted by Crippen LogP contribution is -2.44. The molecule has 1 aromatic heterocycles. The lowest BCUT2D eigenvalue weighted by atomic mass is 9.99. The van der Waals surface area contributed by atoms with Crippen molar-refractivity contribution in [3.8, 4) is 0 Å². The first-order valence-electron chi connectivity index (χ1n) is 7.53. The molecule has 0 aliphatic heterocycles. The normalized spacial score (nSPS) is 13.8. The van der Waals surface area contributed by atoms with Gasteiger partial charge in [0.05, 0.1) is 13.1 Å². The van der Waals surface area contributed by atoms with Crippen LogP contribution in [0.4, 0.5) is 4.39 Å². The summed E-state index contributed by atoms with van der Waals surface area (Å²) in [5.74, 6) is 0.281. The smallest absolute Gasteiger partial charge is 0.191 e. The van der Waals surface area contributed by atoms with Crippen LogP contribution >= 0.6 is 35.3 Å². The number of guanidine groups is 1. The monoisotopic (exact) mass is 463 g/mol. The van der Waals surface area contributed by atoms with Crippen molar-refractivity contribution in [3.63, 3.8) is 0 Å². The summed E-state index contributed by atoms with van der Waals surface area (Å²) in [6.45, 7) is 4.94. The van der Waals surface area contributed by atoms with Gasteiger partial charge < -0.3 is 15.7 Å². The highest BCUT2D eigenvalue weighted by atomic mass is 127. The molecule has 0 fully saturated rings. The number of aliphatic imine (C=N–C) groups is 1. The summed E-state index contributed by atoms with van der Waals surface area (Å²) in [7, 11) is 0. The lowest BCUT2D eigenvalue weighted by Gasteiger charge is -2.24. The van der Waals surface area contributed by atoms with Crippen molar-refractivity contribution in [1.82, 2.24) is 10.6 Å². The van der Waals surface area contributed by atoms with Gasteiger partial charge in [0.15, 0.2) is 5.96 Å². The van der Waals surface area contributed by atoms with Crippen molar-refractivity contribution < 1.29 is 9.50 Å². The molecule has 0 aliphatic rings. The molecule has 7 heteroatoms. The number of thiophene rings is 1. The molecule has 0 radical (unpaired) electrons. The molecule has 0 bridgehead atoms. The van der Waals surface area contributed by atoms with Gasteiger partial charge in [-0.25, -0.2) is 9.38 Å². The second kappa shape index (κ2) is 9.95. The molecule has 0 spiro atoms. The minimum atomic E-state index is -0.992. The van der Waals surface area contributed by atoms with Gasteiger partial charge in [0.1, 0.15) is 11.4 Å². The quantitative estimate of drug-likeness (QED) is 0.350. The van der Waals surface area contributed by atoms with Crippen molar-refractivity contribution in [2.24, 2.45) is 4.99 Å². The van der Waals surface area contributed by atoms with Crippen molar-refractivity contribution >= 4 is 41.3 Å². The summed E-state index contributed by atoms with van der Waals surface area (Å²) >= 11 is 1.54. The van der Waals surface area contributed by atoms with E-state index in [9.17, 15) is 9.50 Å². The van der Waals surface area contributed by atoms with E-state index in [0.29, 0.717) is 24.6 Å². The van der Waals surface area contributed by atoms with Gasteiger partial charge in [-0.15, -0.1) is 24.0 Å². The molecule has 2 aromatic rings. The lowest BCUT2D eigenvalue weighted by molar-refractivity contribution is 0.0621. The maximum atomic E-state index is 13.6. The Hall–Kier alpha value is -1.19. The van der Waals surface area contributed by atoms with Crippen LogP contribution in [0.15, 0.2) is 46.1 Å². The van der Waals surface area contributed by atoms with Crippen molar-refractivity contribution in [3.05, 3.63) is 58.0 Å². The third-order valence-corrected chi connectivity index (χ3v) is 4.14. The van der Waals surface area contributed by atoms with Crippen LogP contribution in [0.25, 0.3) is 0 Å². The average molecular weight is 463 g/mol. The van der Waals surface area contributed by atoms with Crippen LogP contribution in [0.1, 0.15) is 25.0 Å². The van der Waals surface area contributed by atoms with Crippen LogP contribution in [-0.2, 0) is 12.1 Å². The zero-order valence-corrected chi connectivity index (χ0v) is 16.9. The first-order valence-corrected chi connectivity index (χ1v) is 8.48. The van der Waals surface area contributed by atoms with Crippen LogP contribution in [0, 0.1) is 5.82 Å². The van der Waals surface area contributed by atoms with Gasteiger partial charge in [0.25, 0.3) is 0 Å². The van der Waals surface area contributed by atoms with Crippen LogP contribution in [0.3, 0.4) is 0 Å². The van der Waals surface area contributed by atoms with Gasteiger partial charge in [0, 0.05) is 12.1 Å². The predicted molar refractivity (Wildman–Crippen MR) is 109 cm³/mol. The molecule has 0 amide bonds. The molecule has 1 unspecified atom stereocenters. The fraction of sp³-hybridized carbons (Fsp3) is 0.353. The standard InChI is InChI=1S/C17H22FN3OS.HI/c1-3-19-16(20-10-13-6-4-5-7-15(13)18)21-12-17(2,22)14-8-9-23-11-14;/h4-9,11,22H,3,10,12H2,1-2H3,(H2,19,20,21);1H. The zero-order chi connectivity index (χ0) is 16.7.